The molecular formula is C12H16. The Hall–Kier alpha value is -0.780. The average molecular weight is 160 g/mol. The van der Waals surface area contributed by atoms with Crippen molar-refractivity contribution in [1.29, 1.82) is 0 Å². The molecule has 0 aliphatic heterocycles. The van der Waals surface area contributed by atoms with Crippen LogP contribution in [-0.4, -0.2) is 0 Å². The van der Waals surface area contributed by atoms with E-state index in [1.54, 1.807) is 0 Å². The van der Waals surface area contributed by atoms with Gasteiger partial charge in [0.1, 0.15) is 0 Å². The van der Waals surface area contributed by atoms with E-state index in [1.807, 2.05) is 0 Å². The van der Waals surface area contributed by atoms with Gasteiger partial charge in [-0.3, -0.25) is 0 Å². The lowest BCUT2D eigenvalue weighted by atomic mass is 10.0. The number of hydrogen-bond acceptors (Lipinski definition) is 0. The monoisotopic (exact) mass is 160 g/mol. The summed E-state index contributed by atoms with van der Waals surface area (Å²) in [6.07, 6.45) is 1.40. The maximum absolute atomic E-state index is 2.33. The average Bonchev–Trinajstić information content (AvgIpc) is 2.84. The minimum absolute atomic E-state index is 0.857. The summed E-state index contributed by atoms with van der Waals surface area (Å²) in [5, 5.41) is 0. The first-order chi connectivity index (χ1) is 5.79. The van der Waals surface area contributed by atoms with Crippen molar-refractivity contribution in [2.24, 2.45) is 11.8 Å². The molecule has 0 spiro atoms. The lowest BCUT2D eigenvalue weighted by Gasteiger charge is -2.02. The standard InChI is InChI=1S/C12H16/c1-9(2)11-8-12(11)10-6-4-3-5-7-10/h3-7,9,11-12H,8H2,1-2H3/t11-,12-/m1/s1. The van der Waals surface area contributed by atoms with Crippen LogP contribution in [0.25, 0.3) is 0 Å². The predicted molar refractivity (Wildman–Crippen MR) is 52.1 cm³/mol. The van der Waals surface area contributed by atoms with Gasteiger partial charge in [-0.05, 0) is 29.7 Å². The Kier molecular flexibility index (Phi) is 1.92. The Balaban J connectivity index is 2.06. The fraction of sp³-hybridized carbons (Fsp3) is 0.500. The van der Waals surface area contributed by atoms with Gasteiger partial charge in [0.15, 0.2) is 0 Å². The zero-order valence-corrected chi connectivity index (χ0v) is 7.83. The first-order valence-electron chi connectivity index (χ1n) is 4.84. The van der Waals surface area contributed by atoms with Crippen LogP contribution < -0.4 is 0 Å². The molecule has 1 aromatic carbocycles. The van der Waals surface area contributed by atoms with Gasteiger partial charge < -0.3 is 0 Å². The third-order valence-electron chi connectivity index (χ3n) is 2.92. The molecule has 0 radical (unpaired) electrons. The van der Waals surface area contributed by atoms with Crippen LogP contribution in [-0.2, 0) is 0 Å². The molecule has 1 fully saturated rings. The molecule has 12 heavy (non-hydrogen) atoms. The second-order valence-corrected chi connectivity index (χ2v) is 4.16. The van der Waals surface area contributed by atoms with E-state index in [2.05, 4.69) is 44.2 Å². The molecule has 2 rings (SSSR count). The zero-order chi connectivity index (χ0) is 8.55. The lowest BCUT2D eigenvalue weighted by Crippen LogP contribution is -1.91. The van der Waals surface area contributed by atoms with Crippen LogP contribution in [0.5, 0.6) is 0 Å². The molecule has 1 aliphatic carbocycles. The molecule has 64 valence electrons. The third-order valence-corrected chi connectivity index (χ3v) is 2.92. The molecule has 1 saturated carbocycles. The van der Waals surface area contributed by atoms with Crippen LogP contribution in [0.1, 0.15) is 31.7 Å². The van der Waals surface area contributed by atoms with Crippen molar-refractivity contribution in [2.75, 3.05) is 0 Å². The predicted octanol–water partition coefficient (Wildman–Crippen LogP) is 3.45. The summed E-state index contributed by atoms with van der Waals surface area (Å²) < 4.78 is 0. The van der Waals surface area contributed by atoms with Crippen molar-refractivity contribution < 1.29 is 0 Å². The quantitative estimate of drug-likeness (QED) is 0.621. The summed E-state index contributed by atoms with van der Waals surface area (Å²) in [6, 6.07) is 10.9. The van der Waals surface area contributed by atoms with Crippen molar-refractivity contribution in [1.82, 2.24) is 0 Å². The smallest absolute Gasteiger partial charge is 0.0128 e. The molecule has 0 unspecified atom stereocenters. The van der Waals surface area contributed by atoms with Gasteiger partial charge in [0.05, 0.1) is 0 Å². The highest BCUT2D eigenvalue weighted by molar-refractivity contribution is 5.25. The molecular weight excluding hydrogens is 144 g/mol. The Morgan fingerprint density at radius 1 is 1.17 bits per heavy atom. The summed E-state index contributed by atoms with van der Waals surface area (Å²) in [4.78, 5) is 0. The summed E-state index contributed by atoms with van der Waals surface area (Å²) in [5.74, 6) is 2.67. The van der Waals surface area contributed by atoms with E-state index < -0.39 is 0 Å². The van der Waals surface area contributed by atoms with Gasteiger partial charge in [-0.15, -0.1) is 0 Å². The highest BCUT2D eigenvalue weighted by atomic mass is 14.4. The summed E-state index contributed by atoms with van der Waals surface area (Å²) in [7, 11) is 0. The fourth-order valence-electron chi connectivity index (χ4n) is 2.03. The van der Waals surface area contributed by atoms with E-state index in [1.165, 1.54) is 12.0 Å². The maximum Gasteiger partial charge on any atom is -0.0128 e. The van der Waals surface area contributed by atoms with Crippen molar-refractivity contribution in [3.63, 3.8) is 0 Å². The molecule has 0 N–H and O–H groups in total. The fourth-order valence-corrected chi connectivity index (χ4v) is 2.03. The van der Waals surface area contributed by atoms with Gasteiger partial charge in [0.2, 0.25) is 0 Å². The molecule has 0 heterocycles. The van der Waals surface area contributed by atoms with E-state index in [9.17, 15) is 0 Å². The second kappa shape index (κ2) is 2.93. The topological polar surface area (TPSA) is 0 Å². The van der Waals surface area contributed by atoms with Crippen molar-refractivity contribution >= 4 is 0 Å². The molecule has 0 bridgehead atoms. The van der Waals surface area contributed by atoms with Crippen molar-refractivity contribution in [2.45, 2.75) is 26.2 Å². The first kappa shape index (κ1) is 7.85. The molecule has 1 aromatic rings. The van der Waals surface area contributed by atoms with Gasteiger partial charge in [0.25, 0.3) is 0 Å². The molecule has 0 nitrogen and oxygen atoms in total. The Morgan fingerprint density at radius 3 is 2.33 bits per heavy atom. The number of benzene rings is 1. The first-order valence-corrected chi connectivity index (χ1v) is 4.84. The van der Waals surface area contributed by atoms with Crippen LogP contribution in [0.4, 0.5) is 0 Å². The van der Waals surface area contributed by atoms with Crippen LogP contribution >= 0.6 is 0 Å². The van der Waals surface area contributed by atoms with E-state index in [-0.39, 0.29) is 0 Å². The maximum atomic E-state index is 2.33. The molecule has 0 aromatic heterocycles. The Morgan fingerprint density at radius 2 is 1.83 bits per heavy atom. The minimum atomic E-state index is 0.857. The van der Waals surface area contributed by atoms with E-state index in [0.29, 0.717) is 0 Å². The third kappa shape index (κ3) is 1.38. The van der Waals surface area contributed by atoms with Crippen LogP contribution in [0.3, 0.4) is 0 Å². The molecule has 0 amide bonds. The van der Waals surface area contributed by atoms with Crippen LogP contribution in [0.15, 0.2) is 30.3 Å². The van der Waals surface area contributed by atoms with Gasteiger partial charge in [-0.2, -0.15) is 0 Å². The molecule has 0 saturated heterocycles. The SMILES string of the molecule is CC(C)[C@H]1C[C@@H]1c1ccccc1. The van der Waals surface area contributed by atoms with E-state index in [4.69, 9.17) is 0 Å². The summed E-state index contributed by atoms with van der Waals surface area (Å²) >= 11 is 0. The zero-order valence-electron chi connectivity index (χ0n) is 7.83. The van der Waals surface area contributed by atoms with Crippen molar-refractivity contribution in [3.05, 3.63) is 35.9 Å². The molecule has 0 heteroatoms. The summed E-state index contributed by atoms with van der Waals surface area (Å²) in [5.41, 5.74) is 1.54. The number of hydrogen-bond donors (Lipinski definition) is 0. The number of rotatable bonds is 2. The largest absolute Gasteiger partial charge is 0.0625 e. The van der Waals surface area contributed by atoms with Gasteiger partial charge in [-0.1, -0.05) is 44.2 Å². The van der Waals surface area contributed by atoms with Crippen LogP contribution in [0, 0.1) is 11.8 Å². The summed E-state index contributed by atoms with van der Waals surface area (Å²) in [6.45, 7) is 4.65. The van der Waals surface area contributed by atoms with Gasteiger partial charge in [-0.25, -0.2) is 0 Å². The van der Waals surface area contributed by atoms with Gasteiger partial charge >= 0.3 is 0 Å². The molecule has 1 aliphatic rings. The Bertz CT molecular complexity index is 248. The minimum Gasteiger partial charge on any atom is -0.0625 e. The second-order valence-electron chi connectivity index (χ2n) is 4.16. The van der Waals surface area contributed by atoms with Crippen LogP contribution in [0.2, 0.25) is 0 Å². The van der Waals surface area contributed by atoms with Crippen molar-refractivity contribution in [3.8, 4) is 0 Å². The highest BCUT2D eigenvalue weighted by Crippen LogP contribution is 2.51. The van der Waals surface area contributed by atoms with E-state index >= 15 is 0 Å². The van der Waals surface area contributed by atoms with E-state index in [0.717, 1.165) is 17.8 Å². The normalized spacial score (nSPS) is 27.6. The van der Waals surface area contributed by atoms with Gasteiger partial charge in [0, 0.05) is 0 Å². The molecule has 2 atom stereocenters. The highest BCUT2D eigenvalue weighted by Gasteiger charge is 2.39. The lowest BCUT2D eigenvalue weighted by molar-refractivity contribution is 0.549. The Labute approximate surface area is 74.6 Å².